The second-order valence-corrected chi connectivity index (χ2v) is 8.79. The van der Waals surface area contributed by atoms with Gasteiger partial charge in [-0.2, -0.15) is 0 Å². The lowest BCUT2D eigenvalue weighted by Crippen LogP contribution is -2.52. The molecule has 1 radical (unpaired) electrons. The molecule has 1 rings (SSSR count). The first kappa shape index (κ1) is 25.1. The molecule has 1 aromatic rings. The molecule has 1 aromatic carbocycles. The zero-order chi connectivity index (χ0) is 23.3. The Balaban J connectivity index is 3.35. The third kappa shape index (κ3) is 7.17. The van der Waals surface area contributed by atoms with Gasteiger partial charge in [0.1, 0.15) is 23.2 Å². The van der Waals surface area contributed by atoms with Gasteiger partial charge in [-0.1, -0.05) is 30.3 Å². The normalized spacial score (nSPS) is 13.6. The fourth-order valence-corrected chi connectivity index (χ4v) is 2.57. The molecule has 0 saturated heterocycles. The highest BCUT2D eigenvalue weighted by molar-refractivity contribution is 6.10. The summed E-state index contributed by atoms with van der Waals surface area (Å²) < 4.78 is 10.6. The molecule has 0 spiro atoms. The number of carbonyl (C=O) groups excluding carboxylic acids is 4. The Morgan fingerprint density at radius 2 is 1.33 bits per heavy atom. The maximum Gasteiger partial charge on any atom is 0.420 e. The first-order valence-electron chi connectivity index (χ1n) is 9.58. The molecule has 165 valence electrons. The van der Waals surface area contributed by atoms with Gasteiger partial charge in [-0.25, -0.2) is 14.5 Å². The van der Waals surface area contributed by atoms with Crippen LogP contribution in [0.15, 0.2) is 30.3 Å². The second kappa shape index (κ2) is 9.73. The first-order chi connectivity index (χ1) is 13.7. The lowest BCUT2D eigenvalue weighted by atomic mass is 9.90. The molecule has 0 aliphatic rings. The van der Waals surface area contributed by atoms with E-state index in [4.69, 9.17) is 9.47 Å². The van der Waals surface area contributed by atoms with Crippen molar-refractivity contribution in [3.8, 4) is 0 Å². The summed E-state index contributed by atoms with van der Waals surface area (Å²) in [6, 6.07) is 6.97. The zero-order valence-electron chi connectivity index (χ0n) is 18.6. The second-order valence-electron chi connectivity index (χ2n) is 8.79. The molecule has 1 N–H and O–H groups in total. The summed E-state index contributed by atoms with van der Waals surface area (Å²) in [6.45, 7) is 11.1. The van der Waals surface area contributed by atoms with Gasteiger partial charge in [0.25, 0.3) is 0 Å². The molecule has 30 heavy (non-hydrogen) atoms. The monoisotopic (exact) mass is 419 g/mol. The van der Waals surface area contributed by atoms with Gasteiger partial charge >= 0.3 is 12.2 Å². The topological polar surface area (TPSA) is 102 Å². The van der Waals surface area contributed by atoms with Crippen LogP contribution in [0.1, 0.15) is 59.9 Å². The Labute approximate surface area is 177 Å². The minimum atomic E-state index is -1.34. The molecule has 0 heterocycles. The Morgan fingerprint density at radius 3 is 1.70 bits per heavy atom. The molecule has 0 aromatic heterocycles. The van der Waals surface area contributed by atoms with Crippen LogP contribution in [0.3, 0.4) is 0 Å². The number of imide groups is 1. The number of nitrogens with zero attached hydrogens (tertiary/aromatic N) is 1. The van der Waals surface area contributed by atoms with Gasteiger partial charge in [-0.05, 0) is 54.0 Å². The van der Waals surface area contributed by atoms with E-state index in [9.17, 15) is 19.2 Å². The van der Waals surface area contributed by atoms with Crippen molar-refractivity contribution in [2.45, 2.75) is 71.6 Å². The average Bonchev–Trinajstić information content (AvgIpc) is 2.59. The fourth-order valence-electron chi connectivity index (χ4n) is 2.57. The van der Waals surface area contributed by atoms with Crippen molar-refractivity contribution in [1.82, 2.24) is 10.2 Å². The highest BCUT2D eigenvalue weighted by Crippen LogP contribution is 2.23. The summed E-state index contributed by atoms with van der Waals surface area (Å²) in [5.74, 6) is -2.61. The van der Waals surface area contributed by atoms with Gasteiger partial charge in [0.15, 0.2) is 5.78 Å². The van der Waals surface area contributed by atoms with Gasteiger partial charge in [-0.3, -0.25) is 9.59 Å². The summed E-state index contributed by atoms with van der Waals surface area (Å²) in [5, 5.41) is 2.21. The standard InChI is InChI=1S/C22H31N2O6/c1-14(17(25)16(18(26)23-8)15-12-10-9-11-13-15)24(19(27)29-21(2,3)4)20(28)30-22(5,6)7/h9-14,16H,8H2,1-7H3,(H,23,26)/t14-,16?/m0/s1. The zero-order valence-corrected chi connectivity index (χ0v) is 18.6. The fraction of sp³-hybridized carbons (Fsp3) is 0.500. The van der Waals surface area contributed by atoms with Crippen molar-refractivity contribution in [1.29, 1.82) is 0 Å². The van der Waals surface area contributed by atoms with Crippen LogP contribution in [0.4, 0.5) is 9.59 Å². The number of hydrogen-bond acceptors (Lipinski definition) is 6. The largest absolute Gasteiger partial charge is 0.443 e. The Bertz CT molecular complexity index is 749. The summed E-state index contributed by atoms with van der Waals surface area (Å²) in [4.78, 5) is 51.9. The SMILES string of the molecule is [CH2]NC(=O)C(C(=O)[C@H](C)N(C(=O)OC(C)(C)C)C(=O)OC(C)(C)C)c1ccccc1. The number of benzene rings is 1. The van der Waals surface area contributed by atoms with Crippen molar-refractivity contribution in [3.63, 3.8) is 0 Å². The molecular formula is C22H31N2O6. The van der Waals surface area contributed by atoms with Crippen LogP contribution in [-0.4, -0.2) is 46.0 Å². The predicted octanol–water partition coefficient (Wildman–Crippen LogP) is 3.81. The molecule has 0 fully saturated rings. The maximum absolute atomic E-state index is 13.3. The van der Waals surface area contributed by atoms with Gasteiger partial charge in [0, 0.05) is 7.05 Å². The van der Waals surface area contributed by atoms with Crippen LogP contribution in [0, 0.1) is 7.05 Å². The van der Waals surface area contributed by atoms with Crippen molar-refractivity contribution >= 4 is 23.9 Å². The van der Waals surface area contributed by atoms with Crippen molar-refractivity contribution in [2.75, 3.05) is 0 Å². The van der Waals surface area contributed by atoms with E-state index in [0.29, 0.717) is 10.5 Å². The van der Waals surface area contributed by atoms with E-state index in [1.54, 1.807) is 71.9 Å². The molecule has 8 nitrogen and oxygen atoms in total. The van der Waals surface area contributed by atoms with E-state index in [1.165, 1.54) is 6.92 Å². The summed E-state index contributed by atoms with van der Waals surface area (Å²) in [7, 11) is 3.34. The molecule has 2 atom stereocenters. The van der Waals surface area contributed by atoms with Crippen LogP contribution < -0.4 is 5.32 Å². The molecule has 0 saturated carbocycles. The quantitative estimate of drug-likeness (QED) is 0.728. The molecule has 3 amide bonds. The van der Waals surface area contributed by atoms with E-state index >= 15 is 0 Å². The van der Waals surface area contributed by atoms with Gasteiger partial charge < -0.3 is 14.8 Å². The lowest BCUT2D eigenvalue weighted by molar-refractivity contribution is -0.132. The summed E-state index contributed by atoms with van der Waals surface area (Å²) >= 11 is 0. The average molecular weight is 419 g/mol. The van der Waals surface area contributed by atoms with E-state index in [-0.39, 0.29) is 0 Å². The van der Waals surface area contributed by atoms with E-state index in [2.05, 4.69) is 12.4 Å². The van der Waals surface area contributed by atoms with Gasteiger partial charge in [0.2, 0.25) is 5.91 Å². The minimum absolute atomic E-state index is 0.406. The van der Waals surface area contributed by atoms with Crippen LogP contribution in [0.25, 0.3) is 0 Å². The summed E-state index contributed by atoms with van der Waals surface area (Å²) in [6.07, 6.45) is -2.08. The number of nitrogens with one attached hydrogen (secondary N) is 1. The van der Waals surface area contributed by atoms with Crippen LogP contribution in [-0.2, 0) is 19.1 Å². The van der Waals surface area contributed by atoms with Gasteiger partial charge in [0.05, 0.1) is 0 Å². The molecular weight excluding hydrogens is 388 g/mol. The first-order valence-corrected chi connectivity index (χ1v) is 9.58. The molecule has 0 bridgehead atoms. The Hall–Kier alpha value is -2.90. The molecule has 0 aliphatic carbocycles. The number of rotatable bonds is 5. The number of ketones is 1. The van der Waals surface area contributed by atoms with E-state index in [0.717, 1.165) is 0 Å². The van der Waals surface area contributed by atoms with Gasteiger partial charge in [-0.15, -0.1) is 0 Å². The van der Waals surface area contributed by atoms with Crippen LogP contribution in [0.5, 0.6) is 0 Å². The summed E-state index contributed by atoms with van der Waals surface area (Å²) in [5.41, 5.74) is -1.42. The third-order valence-electron chi connectivity index (χ3n) is 3.83. The molecule has 1 unspecified atom stereocenters. The van der Waals surface area contributed by atoms with Crippen molar-refractivity contribution in [2.24, 2.45) is 0 Å². The van der Waals surface area contributed by atoms with Crippen LogP contribution in [0.2, 0.25) is 0 Å². The van der Waals surface area contributed by atoms with Crippen LogP contribution >= 0.6 is 0 Å². The molecule has 8 heteroatoms. The molecule has 0 aliphatic heterocycles. The Morgan fingerprint density at radius 1 is 0.900 bits per heavy atom. The number of carbonyl (C=O) groups is 4. The third-order valence-corrected chi connectivity index (χ3v) is 3.83. The maximum atomic E-state index is 13.3. The lowest BCUT2D eigenvalue weighted by Gasteiger charge is -2.32. The number of hydrogen-bond donors (Lipinski definition) is 1. The minimum Gasteiger partial charge on any atom is -0.443 e. The Kier molecular flexibility index (Phi) is 8.16. The highest BCUT2D eigenvalue weighted by Gasteiger charge is 2.41. The smallest absolute Gasteiger partial charge is 0.420 e. The van der Waals surface area contributed by atoms with Crippen molar-refractivity contribution < 1.29 is 28.7 Å². The number of amides is 3. The number of ether oxygens (including phenoxy) is 2. The van der Waals surface area contributed by atoms with Crippen molar-refractivity contribution in [3.05, 3.63) is 42.9 Å². The van der Waals surface area contributed by atoms with E-state index in [1.807, 2.05) is 0 Å². The number of Topliss-reactive ketones (excluding diaryl/α,β-unsaturated/α-hetero) is 1. The predicted molar refractivity (Wildman–Crippen MR) is 111 cm³/mol. The van der Waals surface area contributed by atoms with E-state index < -0.39 is 47.0 Å². The highest BCUT2D eigenvalue weighted by atomic mass is 16.6.